The first-order valence-corrected chi connectivity index (χ1v) is 18.9. The number of aliphatic hydroxyl groups is 2. The van der Waals surface area contributed by atoms with Gasteiger partial charge in [-0.25, -0.2) is 5.71 Å². The number of pyridine rings is 2. The second-order valence-electron chi connectivity index (χ2n) is 12.3. The van der Waals surface area contributed by atoms with Gasteiger partial charge in [0.1, 0.15) is 11.8 Å². The topological polar surface area (TPSA) is 129 Å². The summed E-state index contributed by atoms with van der Waals surface area (Å²) in [7, 11) is 0. The second-order valence-corrected chi connectivity index (χ2v) is 14.8. The standard InChI is InChI=1S/C43H27Cl3IN5O3.U/c44-30-14-15-31(35(46)21-30)39(49)33(41(53)28-5-3-17-50-23-28)19-26-11-16-34(45)37(20-26)52-18-4-6-29(24-52)42(54)38-40(27-12-9-25(22-48)10-13-27)51-55-43(38)32-7-1-2-8-36(32)47;/h1-18,20-21,23-24,41-42,47,53-54H;/q;+2. The molecule has 272 valence electrons. The molecule has 3 heterocycles. The van der Waals surface area contributed by atoms with Gasteiger partial charge in [0, 0.05) is 45.2 Å². The van der Waals surface area contributed by atoms with Gasteiger partial charge >= 0.3 is 31.1 Å². The third kappa shape index (κ3) is 8.87. The van der Waals surface area contributed by atoms with Gasteiger partial charge in [0.25, 0.3) is 22.6 Å². The van der Waals surface area contributed by atoms with Gasteiger partial charge in [-0.1, -0.05) is 94.1 Å². The number of halogens is 4. The molecule has 0 aliphatic rings. The molecule has 2 atom stereocenters. The number of nitrogens with zero attached hydrogens (tertiary/aromatic N) is 5. The summed E-state index contributed by atoms with van der Waals surface area (Å²) in [6, 6.07) is 33.4. The minimum atomic E-state index is -1.33. The first-order valence-electron chi connectivity index (χ1n) is 16.6. The molecule has 7 rings (SSSR count). The molecule has 7 aromatic rings. The Balaban J connectivity index is 0.00000532. The summed E-state index contributed by atoms with van der Waals surface area (Å²) in [5.74, 6) is 0.416. The van der Waals surface area contributed by atoms with E-state index in [9.17, 15) is 20.9 Å². The molecule has 0 saturated heterocycles. The molecule has 0 bridgehead atoms. The number of hydrogen-bond acceptors (Lipinski definition) is 6. The Morgan fingerprint density at radius 1 is 0.893 bits per heavy atom. The van der Waals surface area contributed by atoms with E-state index < -0.39 is 12.2 Å². The van der Waals surface area contributed by atoms with Crippen molar-refractivity contribution in [3.8, 4) is 34.3 Å². The molecular weight excluding hydrogens is 1110 g/mol. The monoisotopic (exact) mass is 1130 g/mol. The summed E-state index contributed by atoms with van der Waals surface area (Å²) >= 11 is 21.3. The normalized spacial score (nSPS) is 12.3. The molecule has 13 heteroatoms. The van der Waals surface area contributed by atoms with E-state index in [1.165, 1.54) is 12.3 Å². The minimum absolute atomic E-state index is 0. The van der Waals surface area contributed by atoms with E-state index in [4.69, 9.17) is 39.3 Å². The maximum atomic E-state index is 12.2. The van der Waals surface area contributed by atoms with Crippen LogP contribution in [0, 0.1) is 52.1 Å². The minimum Gasteiger partial charge on any atom is -0.854 e. The average Bonchev–Trinajstić information content (AvgIpc) is 3.65. The molecule has 56 heavy (non-hydrogen) atoms. The van der Waals surface area contributed by atoms with E-state index in [1.807, 2.05) is 46.9 Å². The van der Waals surface area contributed by atoms with Crippen LogP contribution in [-0.2, 0) is 0 Å². The van der Waals surface area contributed by atoms with Gasteiger partial charge in [0.2, 0.25) is 0 Å². The molecule has 8 nitrogen and oxygen atoms in total. The van der Waals surface area contributed by atoms with Gasteiger partial charge in [-0.05, 0) is 48.5 Å². The number of aromatic nitrogens is 3. The predicted octanol–water partition coefficient (Wildman–Crippen LogP) is 5.92. The van der Waals surface area contributed by atoms with Crippen LogP contribution in [0.1, 0.15) is 45.6 Å². The number of aliphatic hydroxyl groups excluding tert-OH is 2. The largest absolute Gasteiger partial charge is 2.00 e. The molecule has 2 unspecified atom stereocenters. The molecule has 3 aromatic heterocycles. The van der Waals surface area contributed by atoms with Crippen LogP contribution in [0.15, 0.2) is 144 Å². The van der Waals surface area contributed by atoms with Crippen LogP contribution in [0.25, 0.3) is 33.7 Å². The Hall–Kier alpha value is -4.14. The molecule has 4 aromatic carbocycles. The van der Waals surface area contributed by atoms with Crippen molar-refractivity contribution in [2.24, 2.45) is 0 Å². The molecule has 0 spiro atoms. The maximum Gasteiger partial charge on any atom is 2.00 e. The van der Waals surface area contributed by atoms with Crippen molar-refractivity contribution in [1.29, 1.82) is 5.26 Å². The van der Waals surface area contributed by atoms with E-state index in [1.54, 1.807) is 102 Å². The number of benzene rings is 4. The van der Waals surface area contributed by atoms with Crippen LogP contribution in [-0.4, -0.2) is 26.1 Å². The van der Waals surface area contributed by atoms with E-state index in [-0.39, 0.29) is 53.0 Å². The number of nitriles is 1. The quantitative estimate of drug-likeness (QED) is 0.0759. The molecule has 0 radical (unpaired) electrons. The zero-order valence-corrected chi connectivity index (χ0v) is 37.7. The van der Waals surface area contributed by atoms with E-state index in [2.05, 4.69) is 22.3 Å². The van der Waals surface area contributed by atoms with Crippen molar-refractivity contribution in [2.75, 3.05) is 0 Å². The Morgan fingerprint density at radius 2 is 1.66 bits per heavy atom. The Kier molecular flexibility index (Phi) is 13.6. The van der Waals surface area contributed by atoms with Crippen molar-refractivity contribution < 1.29 is 73.0 Å². The Bertz CT molecular complexity index is 2630. The summed E-state index contributed by atoms with van der Waals surface area (Å²) in [6.45, 7) is 0. The van der Waals surface area contributed by atoms with Crippen molar-refractivity contribution in [2.45, 2.75) is 12.2 Å². The first kappa shape index (κ1) is 41.5. The summed E-state index contributed by atoms with van der Waals surface area (Å²) < 4.78 is 8.65. The zero-order chi connectivity index (χ0) is 38.6. The van der Waals surface area contributed by atoms with E-state index in [0.29, 0.717) is 60.6 Å². The number of hydrogen-bond donors (Lipinski definition) is 2. The molecular formula is C43H27Cl3IN5O3U+2. The summed E-state index contributed by atoms with van der Waals surface area (Å²) in [5.41, 5.74) is 4.73. The average molecular weight is 1130 g/mol. The Labute approximate surface area is 375 Å². The molecule has 0 amide bonds. The van der Waals surface area contributed by atoms with Crippen LogP contribution in [0.3, 0.4) is 0 Å². The van der Waals surface area contributed by atoms with Crippen molar-refractivity contribution in [1.82, 2.24) is 10.1 Å². The molecule has 0 saturated carbocycles. The van der Waals surface area contributed by atoms with Crippen molar-refractivity contribution >= 4 is 40.5 Å². The fraction of sp³-hybridized carbons (Fsp3) is 0.0465. The van der Waals surface area contributed by atoms with Gasteiger partial charge in [0.15, 0.2) is 27.4 Å². The van der Waals surface area contributed by atoms with Crippen molar-refractivity contribution in [3.63, 3.8) is 0 Å². The molecule has 0 fully saturated rings. The number of rotatable bonds is 10. The molecule has 0 aliphatic carbocycles. The van der Waals surface area contributed by atoms with Gasteiger partial charge in [-0.15, -0.1) is 23.3 Å². The third-order valence-electron chi connectivity index (χ3n) is 8.78. The fourth-order valence-corrected chi connectivity index (χ4v) is 7.41. The summed E-state index contributed by atoms with van der Waals surface area (Å²) in [5, 5.41) is 49.9. The zero-order valence-electron chi connectivity index (χ0n) is 28.9. The summed E-state index contributed by atoms with van der Waals surface area (Å²) in [4.78, 5) is 4.12. The van der Waals surface area contributed by atoms with Crippen LogP contribution >= 0.6 is 34.8 Å². The van der Waals surface area contributed by atoms with Gasteiger partial charge in [0.05, 0.1) is 33.9 Å². The van der Waals surface area contributed by atoms with Crippen LogP contribution in [0.4, 0.5) is 0 Å². The third-order valence-corrected chi connectivity index (χ3v) is 10.7. The SMILES string of the molecule is N#Cc1ccc(-c2noc(-c3ccccc3[IH+])c2C(O)c2ccc[n+](-c3cc([C-]=C(C(=[N-])c4ccc(Cl)cc4Cl)C(O)c4cccnc4)ccc3Cl)c2)cc1.[U+2]. The fourth-order valence-electron chi connectivity index (χ4n) is 6.01. The maximum absolute atomic E-state index is 12.2. The second kappa shape index (κ2) is 18.4. The van der Waals surface area contributed by atoms with Crippen LogP contribution < -0.4 is 27.2 Å². The van der Waals surface area contributed by atoms with Gasteiger partial charge < -0.3 is 20.1 Å². The smallest absolute Gasteiger partial charge is 0.854 e. The van der Waals surface area contributed by atoms with Crippen LogP contribution in [0.2, 0.25) is 15.1 Å². The van der Waals surface area contributed by atoms with Gasteiger partial charge in [-0.3, -0.25) is 4.98 Å². The summed E-state index contributed by atoms with van der Waals surface area (Å²) in [6.07, 6.45) is 7.25. The van der Waals surface area contributed by atoms with Crippen molar-refractivity contribution in [3.05, 3.63) is 203 Å². The van der Waals surface area contributed by atoms with Gasteiger partial charge in [-0.2, -0.15) is 9.83 Å². The van der Waals surface area contributed by atoms with E-state index >= 15 is 0 Å². The Morgan fingerprint density at radius 3 is 2.38 bits per heavy atom. The van der Waals surface area contributed by atoms with Crippen LogP contribution in [0.5, 0.6) is 0 Å². The van der Waals surface area contributed by atoms with E-state index in [0.717, 1.165) is 9.13 Å². The first-order chi connectivity index (χ1) is 26.6. The predicted molar refractivity (Wildman–Crippen MR) is 208 cm³/mol. The molecule has 2 N–H and O–H groups in total. The molecule has 0 aliphatic heterocycles.